The molecule has 4 N–H and O–H groups in total. The van der Waals surface area contributed by atoms with E-state index in [0.29, 0.717) is 55.8 Å². The highest BCUT2D eigenvalue weighted by atomic mass is 32.2. The fourth-order valence-corrected chi connectivity index (χ4v) is 13.6. The molecule has 72 heavy (non-hydrogen) atoms. The van der Waals surface area contributed by atoms with Crippen molar-refractivity contribution in [2.24, 2.45) is 16.7 Å². The lowest BCUT2D eigenvalue weighted by molar-refractivity contribution is -0.144. The number of carbonyl (C=O) groups excluding carboxylic acids is 6. The third-order valence-electron chi connectivity index (χ3n) is 14.8. The van der Waals surface area contributed by atoms with Gasteiger partial charge in [-0.15, -0.1) is 28.6 Å². The van der Waals surface area contributed by atoms with Gasteiger partial charge in [-0.05, 0) is 79.5 Å². The molecule has 3 aromatic rings. The Labute approximate surface area is 433 Å². The monoisotopic (exact) mass is 1030 g/mol. The largest absolute Gasteiger partial charge is 0.377 e. The smallest absolute Gasteiger partial charge is 0.246 e. The average molecular weight is 1030 g/mol. The van der Waals surface area contributed by atoms with Crippen LogP contribution in [-0.4, -0.2) is 139 Å². The van der Waals surface area contributed by atoms with Crippen molar-refractivity contribution in [1.82, 2.24) is 46.1 Å². The van der Waals surface area contributed by atoms with Crippen LogP contribution in [0.5, 0.6) is 0 Å². The van der Waals surface area contributed by atoms with E-state index in [4.69, 9.17) is 9.47 Å². The van der Waals surface area contributed by atoms with Gasteiger partial charge in [0, 0.05) is 18.3 Å². The number of hydrogen-bond donors (Lipinski definition) is 4. The Morgan fingerprint density at radius 1 is 0.778 bits per heavy atom. The minimum absolute atomic E-state index is 0.0270. The summed E-state index contributed by atoms with van der Waals surface area (Å²) in [7, 11) is 1.70. The zero-order valence-electron chi connectivity index (χ0n) is 43.1. The van der Waals surface area contributed by atoms with Gasteiger partial charge in [-0.2, -0.15) is 0 Å². The molecule has 0 unspecified atom stereocenters. The van der Waals surface area contributed by atoms with Crippen LogP contribution in [0.4, 0.5) is 0 Å². The molecule has 4 aliphatic rings. The zero-order chi connectivity index (χ0) is 51.7. The van der Waals surface area contributed by atoms with Crippen LogP contribution < -0.4 is 21.3 Å². The van der Waals surface area contributed by atoms with Crippen LogP contribution in [0.1, 0.15) is 116 Å². The molecule has 7 rings (SSSR count). The first-order valence-corrected chi connectivity index (χ1v) is 27.6. The first-order valence-electron chi connectivity index (χ1n) is 25.5. The Kier molecular flexibility index (Phi) is 18.7. The molecule has 5 amide bonds. The fourth-order valence-electron chi connectivity index (χ4n) is 10.4. The van der Waals surface area contributed by atoms with Crippen molar-refractivity contribution in [1.29, 1.82) is 0 Å². The summed E-state index contributed by atoms with van der Waals surface area (Å²) >= 11 is 3.35. The Morgan fingerprint density at radius 2 is 1.35 bits per heavy atom. The summed E-state index contributed by atoms with van der Waals surface area (Å²) in [5.41, 5.74) is 1.44. The Bertz CT molecular complexity index is 2350. The maximum atomic E-state index is 14.6. The Hall–Kier alpha value is -4.82. The lowest BCUT2D eigenvalue weighted by Gasteiger charge is -2.35. The molecule has 19 heteroatoms. The lowest BCUT2D eigenvalue weighted by atomic mass is 9.79. The molecule has 2 aromatic carbocycles. The van der Waals surface area contributed by atoms with E-state index in [1.54, 1.807) is 58.2 Å². The number of hydrogen-bond acceptors (Lipinski definition) is 13. The van der Waals surface area contributed by atoms with E-state index in [0.717, 1.165) is 11.1 Å². The van der Waals surface area contributed by atoms with Gasteiger partial charge in [0.1, 0.15) is 23.8 Å². The number of benzene rings is 2. The summed E-state index contributed by atoms with van der Waals surface area (Å²) in [5, 5.41) is 20.4. The number of aromatic nitrogens is 3. The molecular formula is C53H75N9O8S2. The zero-order valence-corrected chi connectivity index (χ0v) is 44.8. The number of ether oxygens (including phenoxy) is 2. The van der Waals surface area contributed by atoms with E-state index < -0.39 is 47.1 Å². The highest BCUT2D eigenvalue weighted by molar-refractivity contribution is 8.00. The number of ketones is 1. The third kappa shape index (κ3) is 13.1. The molecule has 0 saturated carbocycles. The van der Waals surface area contributed by atoms with Crippen molar-refractivity contribution in [3.63, 3.8) is 0 Å². The SMILES string of the molecule is CC[C@@H](C)C(=O)N[C@H]1CCS[C@H]2CC(C)(C)[C@@H](C(=O)C[C@H](COCc3cn(CCOC[C@@H](NC(=O)[C@H]4N5C(=O)[C@@H](NC(=O)[C@H](C)NC)CCS[C@H]5CC4(C)C)c4ccccc4)nn3)c3ccccc3)N2C1=O. The number of fused-ring (bicyclic) bond motifs is 2. The maximum absolute atomic E-state index is 14.6. The van der Waals surface area contributed by atoms with E-state index in [2.05, 4.69) is 45.4 Å². The normalized spacial score (nSPS) is 25.3. The van der Waals surface area contributed by atoms with Gasteiger partial charge < -0.3 is 40.5 Å². The second-order valence-electron chi connectivity index (χ2n) is 21.2. The summed E-state index contributed by atoms with van der Waals surface area (Å²) in [4.78, 5) is 86.6. The van der Waals surface area contributed by atoms with E-state index in [-0.39, 0.29) is 90.8 Å². The van der Waals surface area contributed by atoms with E-state index in [1.165, 1.54) is 0 Å². The minimum Gasteiger partial charge on any atom is -0.377 e. The molecule has 5 heterocycles. The molecule has 4 fully saturated rings. The number of Topliss-reactive ketones (excluding diaryl/α,β-unsaturated/α-hetero) is 1. The molecule has 1 aromatic heterocycles. The van der Waals surface area contributed by atoms with Crippen LogP contribution in [0.15, 0.2) is 66.9 Å². The summed E-state index contributed by atoms with van der Waals surface area (Å²) in [6.07, 6.45) is 4.98. The molecular weight excluding hydrogens is 955 g/mol. The van der Waals surface area contributed by atoms with Crippen molar-refractivity contribution in [3.8, 4) is 0 Å². The molecule has 392 valence electrons. The summed E-state index contributed by atoms with van der Waals surface area (Å²) in [6, 6.07) is 15.6. The highest BCUT2D eigenvalue weighted by Gasteiger charge is 2.56. The van der Waals surface area contributed by atoms with E-state index in [9.17, 15) is 28.8 Å². The first kappa shape index (κ1) is 54.9. The molecule has 4 aliphatic heterocycles. The van der Waals surface area contributed by atoms with Crippen molar-refractivity contribution in [2.45, 2.75) is 153 Å². The summed E-state index contributed by atoms with van der Waals surface area (Å²) in [5.74, 6) is -0.217. The van der Waals surface area contributed by atoms with Crippen molar-refractivity contribution in [2.75, 3.05) is 38.4 Å². The van der Waals surface area contributed by atoms with Crippen molar-refractivity contribution in [3.05, 3.63) is 83.7 Å². The molecule has 4 saturated heterocycles. The van der Waals surface area contributed by atoms with E-state index >= 15 is 0 Å². The topological polar surface area (TPSA) is 206 Å². The number of nitrogens with zero attached hydrogens (tertiary/aromatic N) is 5. The molecule has 0 spiro atoms. The molecule has 0 bridgehead atoms. The van der Waals surface area contributed by atoms with Gasteiger partial charge in [0.25, 0.3) is 0 Å². The van der Waals surface area contributed by atoms with Crippen LogP contribution in [-0.2, 0) is 51.4 Å². The number of carbonyl (C=O) groups is 6. The Morgan fingerprint density at radius 3 is 1.94 bits per heavy atom. The summed E-state index contributed by atoms with van der Waals surface area (Å²) in [6.45, 7) is 14.9. The van der Waals surface area contributed by atoms with Gasteiger partial charge in [-0.25, -0.2) is 4.68 Å². The number of likely N-dealkylation sites (N-methyl/N-ethyl adjacent to an activating group) is 1. The molecule has 0 aliphatic carbocycles. The van der Waals surface area contributed by atoms with E-state index in [1.807, 2.05) is 88.4 Å². The van der Waals surface area contributed by atoms with Crippen LogP contribution in [0, 0.1) is 16.7 Å². The first-order chi connectivity index (χ1) is 34.4. The van der Waals surface area contributed by atoms with Gasteiger partial charge in [-0.3, -0.25) is 28.8 Å². The number of nitrogens with one attached hydrogen (secondary N) is 4. The maximum Gasteiger partial charge on any atom is 0.246 e. The predicted octanol–water partition coefficient (Wildman–Crippen LogP) is 5.22. The van der Waals surface area contributed by atoms with Crippen molar-refractivity contribution < 1.29 is 38.2 Å². The fraction of sp³-hybridized carbons (Fsp3) is 0.623. The second kappa shape index (κ2) is 24.5. The van der Waals surface area contributed by atoms with Crippen LogP contribution in [0.3, 0.4) is 0 Å². The number of rotatable bonds is 22. The highest BCUT2D eigenvalue weighted by Crippen LogP contribution is 2.48. The third-order valence-corrected chi connectivity index (χ3v) is 17.3. The van der Waals surface area contributed by atoms with Crippen LogP contribution in [0.25, 0.3) is 0 Å². The quantitative estimate of drug-likeness (QED) is 0.0955. The van der Waals surface area contributed by atoms with Gasteiger partial charge in [0.15, 0.2) is 5.78 Å². The summed E-state index contributed by atoms with van der Waals surface area (Å²) < 4.78 is 14.2. The second-order valence-corrected chi connectivity index (χ2v) is 23.7. The van der Waals surface area contributed by atoms with Gasteiger partial charge in [0.2, 0.25) is 29.5 Å². The lowest BCUT2D eigenvalue weighted by Crippen LogP contribution is -2.58. The standard InChI is InChI=1S/C53H75N9O8S2/c1-9-33(2)47(64)55-39-20-24-71-43-27-52(4,5)45(61(43)50(39)67)42(63)26-37(35-16-12-10-13-17-35)30-70-31-38-29-60(59-58-38)22-23-69-32-41(36-18-14-11-15-19-36)57-49(66)46-53(6,7)28-44-62(46)51(68)40(21-25-72-44)56-48(65)34(3)54-8/h10-19,29,33-34,37,39-41,43-46,54H,9,20-28,30-32H2,1-8H3,(H,55,64)(H,56,65)(H,57,66)/t33-,34+,37-,39+,40+,41-,43+,44+,45-,46-/m1/s1. The molecule has 0 radical (unpaired) electrons. The van der Waals surface area contributed by atoms with Gasteiger partial charge in [0.05, 0.1) is 68.0 Å². The molecule has 17 nitrogen and oxygen atoms in total. The van der Waals surface area contributed by atoms with Gasteiger partial charge in [-0.1, -0.05) is 107 Å². The number of amides is 5. The van der Waals surface area contributed by atoms with Crippen LogP contribution >= 0.6 is 23.5 Å². The molecule has 10 atom stereocenters. The predicted molar refractivity (Wildman–Crippen MR) is 278 cm³/mol. The Balaban J connectivity index is 0.944. The number of thioether (sulfide) groups is 2. The van der Waals surface area contributed by atoms with Crippen molar-refractivity contribution >= 4 is 58.8 Å². The minimum atomic E-state index is -0.757. The van der Waals surface area contributed by atoms with Crippen LogP contribution in [0.2, 0.25) is 0 Å². The van der Waals surface area contributed by atoms with Gasteiger partial charge >= 0.3 is 0 Å². The average Bonchev–Trinajstić information content (AvgIpc) is 3.95.